The molecular formula is C14H17ClN6. The van der Waals surface area contributed by atoms with Gasteiger partial charge in [0.15, 0.2) is 5.65 Å². The van der Waals surface area contributed by atoms with E-state index >= 15 is 0 Å². The number of alkyl halides is 1. The fraction of sp³-hybridized carbons (Fsp3) is 0.429. The number of aromatic nitrogens is 6. The summed E-state index contributed by atoms with van der Waals surface area (Å²) in [4.78, 5) is 13.2. The lowest BCUT2D eigenvalue weighted by Gasteiger charge is -2.10. The highest BCUT2D eigenvalue weighted by Gasteiger charge is 2.20. The Morgan fingerprint density at radius 2 is 2.05 bits per heavy atom. The number of aryl methyl sites for hydroxylation is 3. The highest BCUT2D eigenvalue weighted by atomic mass is 35.5. The Kier molecular flexibility index (Phi) is 3.41. The summed E-state index contributed by atoms with van der Waals surface area (Å²) in [6.07, 6.45) is 1.77. The number of rotatable bonds is 3. The molecule has 0 fully saturated rings. The van der Waals surface area contributed by atoms with Gasteiger partial charge in [-0.3, -0.25) is 4.68 Å². The number of imidazole rings is 1. The Bertz CT molecular complexity index is 801. The molecule has 0 radical (unpaired) electrons. The maximum atomic E-state index is 6.29. The molecule has 0 aliphatic heterocycles. The quantitative estimate of drug-likeness (QED) is 0.698. The summed E-state index contributed by atoms with van der Waals surface area (Å²) in [5.41, 5.74) is 3.69. The molecular weight excluding hydrogens is 288 g/mol. The largest absolute Gasteiger partial charge is 0.306 e. The molecule has 0 saturated carbocycles. The minimum atomic E-state index is -0.181. The number of halogens is 1. The van der Waals surface area contributed by atoms with Crippen LogP contribution in [-0.4, -0.2) is 29.3 Å². The predicted molar refractivity (Wildman–Crippen MR) is 81.4 cm³/mol. The van der Waals surface area contributed by atoms with Crippen LogP contribution in [0.1, 0.15) is 35.3 Å². The smallest absolute Gasteiger partial charge is 0.159 e. The predicted octanol–water partition coefficient (Wildman–Crippen LogP) is 2.52. The number of hydrogen-bond acceptors (Lipinski definition) is 4. The summed E-state index contributed by atoms with van der Waals surface area (Å²) in [5, 5.41) is 4.25. The highest BCUT2D eigenvalue weighted by Crippen LogP contribution is 2.26. The van der Waals surface area contributed by atoms with E-state index in [-0.39, 0.29) is 5.38 Å². The zero-order valence-corrected chi connectivity index (χ0v) is 13.3. The van der Waals surface area contributed by atoms with Crippen LogP contribution in [0.4, 0.5) is 0 Å². The van der Waals surface area contributed by atoms with Crippen molar-refractivity contribution in [1.29, 1.82) is 0 Å². The van der Waals surface area contributed by atoms with Gasteiger partial charge < -0.3 is 4.57 Å². The Hall–Kier alpha value is -1.95. The molecule has 0 bridgehead atoms. The van der Waals surface area contributed by atoms with Gasteiger partial charge in [0.05, 0.1) is 23.3 Å². The Morgan fingerprint density at radius 3 is 2.71 bits per heavy atom. The molecule has 0 N–H and O–H groups in total. The van der Waals surface area contributed by atoms with Crippen LogP contribution in [0.25, 0.3) is 11.2 Å². The molecule has 0 aliphatic carbocycles. The molecule has 3 aromatic rings. The van der Waals surface area contributed by atoms with E-state index in [0.29, 0.717) is 6.54 Å². The van der Waals surface area contributed by atoms with Gasteiger partial charge in [-0.1, -0.05) is 0 Å². The first-order valence-electron chi connectivity index (χ1n) is 6.79. The van der Waals surface area contributed by atoms with E-state index in [9.17, 15) is 0 Å². The van der Waals surface area contributed by atoms with Gasteiger partial charge in [-0.05, 0) is 26.8 Å². The van der Waals surface area contributed by atoms with Crippen LogP contribution in [0.5, 0.6) is 0 Å². The van der Waals surface area contributed by atoms with Gasteiger partial charge in [-0.15, -0.1) is 11.6 Å². The lowest BCUT2D eigenvalue weighted by Crippen LogP contribution is -2.10. The molecule has 0 aliphatic rings. The molecule has 3 rings (SSSR count). The molecule has 7 heteroatoms. The first-order chi connectivity index (χ1) is 9.97. The molecule has 3 heterocycles. The van der Waals surface area contributed by atoms with Crippen molar-refractivity contribution in [2.45, 2.75) is 32.7 Å². The van der Waals surface area contributed by atoms with E-state index < -0.39 is 0 Å². The second-order valence-electron chi connectivity index (χ2n) is 5.15. The van der Waals surface area contributed by atoms with Crippen molar-refractivity contribution in [2.75, 3.05) is 0 Å². The maximum absolute atomic E-state index is 6.29. The van der Waals surface area contributed by atoms with E-state index in [2.05, 4.69) is 24.6 Å². The van der Waals surface area contributed by atoms with Gasteiger partial charge in [0.1, 0.15) is 17.2 Å². The lowest BCUT2D eigenvalue weighted by molar-refractivity contribution is 0.675. The molecule has 21 heavy (non-hydrogen) atoms. The van der Waals surface area contributed by atoms with Crippen molar-refractivity contribution in [3.63, 3.8) is 0 Å². The van der Waals surface area contributed by atoms with E-state index in [1.165, 1.54) is 0 Å². The number of hydrogen-bond donors (Lipinski definition) is 0. The van der Waals surface area contributed by atoms with E-state index in [1.54, 1.807) is 6.20 Å². The first kappa shape index (κ1) is 14.0. The van der Waals surface area contributed by atoms with Gasteiger partial charge in [0, 0.05) is 13.2 Å². The monoisotopic (exact) mass is 304 g/mol. The maximum Gasteiger partial charge on any atom is 0.159 e. The Morgan fingerprint density at radius 1 is 1.29 bits per heavy atom. The second kappa shape index (κ2) is 5.11. The fourth-order valence-corrected chi connectivity index (χ4v) is 2.73. The standard InChI is InChI=1S/C14H17ClN6/c1-8(15)13-18-12-9(2)19-20(4)14(12)21(13)7-11-5-6-16-10(3)17-11/h5-6,8H,7H2,1-4H3. The summed E-state index contributed by atoms with van der Waals surface area (Å²) >= 11 is 6.29. The number of nitrogens with zero attached hydrogens (tertiary/aromatic N) is 6. The summed E-state index contributed by atoms with van der Waals surface area (Å²) < 4.78 is 3.92. The highest BCUT2D eigenvalue weighted by molar-refractivity contribution is 6.20. The SMILES string of the molecule is Cc1nccc(Cn2c(C(C)Cl)nc3c(C)nn(C)c32)n1. The Balaban J connectivity index is 2.17. The van der Waals surface area contributed by atoms with Crippen LogP contribution in [-0.2, 0) is 13.6 Å². The van der Waals surface area contributed by atoms with Crippen LogP contribution in [0, 0.1) is 13.8 Å². The Labute approximate surface area is 127 Å². The van der Waals surface area contributed by atoms with Gasteiger partial charge in [-0.2, -0.15) is 5.10 Å². The number of fused-ring (bicyclic) bond motifs is 1. The van der Waals surface area contributed by atoms with Crippen LogP contribution in [0.3, 0.4) is 0 Å². The molecule has 0 aromatic carbocycles. The van der Waals surface area contributed by atoms with Gasteiger partial charge in [-0.25, -0.2) is 15.0 Å². The molecule has 1 unspecified atom stereocenters. The van der Waals surface area contributed by atoms with E-state index in [0.717, 1.165) is 34.2 Å². The van der Waals surface area contributed by atoms with Crippen LogP contribution >= 0.6 is 11.6 Å². The van der Waals surface area contributed by atoms with Crippen LogP contribution in [0.2, 0.25) is 0 Å². The summed E-state index contributed by atoms with van der Waals surface area (Å²) in [6, 6.07) is 1.91. The lowest BCUT2D eigenvalue weighted by atomic mass is 10.3. The molecule has 110 valence electrons. The van der Waals surface area contributed by atoms with Crippen molar-refractivity contribution in [2.24, 2.45) is 7.05 Å². The van der Waals surface area contributed by atoms with E-state index in [4.69, 9.17) is 11.6 Å². The zero-order valence-electron chi connectivity index (χ0n) is 12.5. The third-order valence-corrected chi connectivity index (χ3v) is 3.62. The molecule has 0 saturated heterocycles. The van der Waals surface area contributed by atoms with Crippen molar-refractivity contribution < 1.29 is 0 Å². The molecule has 6 nitrogen and oxygen atoms in total. The summed E-state index contributed by atoms with van der Waals surface area (Å²) in [6.45, 7) is 6.36. The molecule has 3 aromatic heterocycles. The van der Waals surface area contributed by atoms with E-state index in [1.807, 2.05) is 38.6 Å². The van der Waals surface area contributed by atoms with Crippen LogP contribution in [0.15, 0.2) is 12.3 Å². The van der Waals surface area contributed by atoms with Gasteiger partial charge >= 0.3 is 0 Å². The minimum absolute atomic E-state index is 0.181. The third kappa shape index (κ3) is 2.40. The minimum Gasteiger partial charge on any atom is -0.306 e. The molecule has 1 atom stereocenters. The second-order valence-corrected chi connectivity index (χ2v) is 5.80. The normalized spacial score (nSPS) is 13.0. The topological polar surface area (TPSA) is 61.4 Å². The van der Waals surface area contributed by atoms with Crippen LogP contribution < -0.4 is 0 Å². The summed E-state index contributed by atoms with van der Waals surface area (Å²) in [7, 11) is 1.92. The average Bonchev–Trinajstić information content (AvgIpc) is 2.90. The van der Waals surface area contributed by atoms with Crippen molar-refractivity contribution >= 4 is 22.8 Å². The fourth-order valence-electron chi connectivity index (χ4n) is 2.57. The van der Waals surface area contributed by atoms with Crippen molar-refractivity contribution in [1.82, 2.24) is 29.3 Å². The van der Waals surface area contributed by atoms with Crippen molar-refractivity contribution in [3.05, 3.63) is 35.3 Å². The van der Waals surface area contributed by atoms with Crippen molar-refractivity contribution in [3.8, 4) is 0 Å². The van der Waals surface area contributed by atoms with Gasteiger partial charge in [0.25, 0.3) is 0 Å². The average molecular weight is 305 g/mol. The zero-order chi connectivity index (χ0) is 15.1. The third-order valence-electron chi connectivity index (χ3n) is 3.43. The molecule has 0 spiro atoms. The first-order valence-corrected chi connectivity index (χ1v) is 7.23. The molecule has 0 amide bonds. The van der Waals surface area contributed by atoms with Gasteiger partial charge in [0.2, 0.25) is 0 Å². The summed E-state index contributed by atoms with van der Waals surface area (Å²) in [5.74, 6) is 1.59.